The van der Waals surface area contributed by atoms with Crippen LogP contribution < -0.4 is 42.4 Å². The van der Waals surface area contributed by atoms with Gasteiger partial charge in [0, 0.05) is 0 Å². The van der Waals surface area contributed by atoms with E-state index in [0.29, 0.717) is 21.2 Å². The van der Waals surface area contributed by atoms with Crippen LogP contribution in [0.15, 0.2) is 243 Å². The van der Waals surface area contributed by atoms with Gasteiger partial charge in [-0.3, -0.25) is 0 Å². The third-order valence-corrected chi connectivity index (χ3v) is 86.2. The summed E-state index contributed by atoms with van der Waals surface area (Å²) in [5.74, 6) is 0. The van der Waals surface area contributed by atoms with Crippen LogP contribution in [0.5, 0.6) is 0 Å². The predicted octanol–water partition coefficient (Wildman–Crippen LogP) is 8.37. The summed E-state index contributed by atoms with van der Waals surface area (Å²) in [6.45, 7) is 0. The summed E-state index contributed by atoms with van der Waals surface area (Å²) < 4.78 is 88.6. The van der Waals surface area contributed by atoms with E-state index in [4.69, 9.17) is 34.3 Å². The monoisotopic (exact) mass is 1290 g/mol. The van der Waals surface area contributed by atoms with Gasteiger partial charge in [-0.2, -0.15) is 0 Å². The zero-order valence-electron chi connectivity index (χ0n) is 35.3. The summed E-state index contributed by atoms with van der Waals surface area (Å²) in [5.41, 5.74) is 0. The fraction of sp³-hybridized carbons (Fsp3) is 0. The van der Waals surface area contributed by atoms with E-state index in [1.54, 1.807) is 0 Å². The van der Waals surface area contributed by atoms with Crippen molar-refractivity contribution in [3.8, 4) is 0 Å². The van der Waals surface area contributed by atoms with E-state index >= 15 is 0 Å². The van der Waals surface area contributed by atoms with Crippen molar-refractivity contribution in [2.24, 2.45) is 0 Å². The Kier molecular flexibility index (Phi) is 9.22. The molecule has 4 bridgehead atoms. The first-order valence-corrected chi connectivity index (χ1v) is 43.7. The Balaban J connectivity index is 0.891. The van der Waals surface area contributed by atoms with Crippen molar-refractivity contribution >= 4 is 132 Å². The molecule has 0 atom stereocenters. The molecule has 8 aromatic carbocycles. The van der Waals surface area contributed by atoms with Gasteiger partial charge in [0.25, 0.3) is 0 Å². The first-order chi connectivity index (χ1) is 32.6. The summed E-state index contributed by atoms with van der Waals surface area (Å²) >= 11 is -15.5. The predicted molar refractivity (Wildman–Crippen MR) is 267 cm³/mol. The van der Waals surface area contributed by atoms with Gasteiger partial charge in [-0.05, 0) is 0 Å². The normalized spacial score (nSPS) is 31.4. The minimum absolute atomic E-state index is 0.635. The molecule has 8 aromatic rings. The summed E-state index contributed by atoms with van der Waals surface area (Å²) in [4.78, 5) is 0. The number of rotatable bonds is 12. The first-order valence-electron chi connectivity index (χ1n) is 21.7. The molecule has 0 amide bonds. The average molecular weight is 1290 g/mol. The van der Waals surface area contributed by atoms with Crippen molar-refractivity contribution < 1.29 is 34.3 Å². The average Bonchev–Trinajstić information content (AvgIpc) is 3.33. The van der Waals surface area contributed by atoms with E-state index in [0.717, 1.165) is 21.2 Å². The molecule has 16 rings (SSSR count). The molecule has 8 heterocycles. The van der Waals surface area contributed by atoms with Crippen molar-refractivity contribution in [2.75, 3.05) is 0 Å². The molecule has 0 saturated carbocycles. The van der Waals surface area contributed by atoms with Gasteiger partial charge in [-0.1, -0.05) is 0 Å². The van der Waals surface area contributed by atoms with Crippen molar-refractivity contribution in [2.45, 2.75) is 0 Å². The first kappa shape index (κ1) is 43.2. The van der Waals surface area contributed by atoms with Gasteiger partial charge in [0.2, 0.25) is 0 Å². The summed E-state index contributed by atoms with van der Waals surface area (Å²) in [6.07, 6.45) is 0. The van der Waals surface area contributed by atoms with Crippen LogP contribution in [0.4, 0.5) is 0 Å². The van der Waals surface area contributed by atoms with Crippen LogP contribution >= 0.6 is 29.1 Å². The molecule has 8 fully saturated rings. The fourth-order valence-electron chi connectivity index (χ4n) is 10.1. The molecule has 0 aliphatic carbocycles. The van der Waals surface area contributed by atoms with Crippen molar-refractivity contribution in [3.63, 3.8) is 0 Å². The van der Waals surface area contributed by atoms with Gasteiger partial charge in [-0.25, -0.2) is 0 Å². The van der Waals surface area contributed by atoms with Crippen molar-refractivity contribution in [1.82, 2.24) is 0 Å². The topological polar surface area (TPSA) is 111 Å². The standard InChI is InChI=1S/4C12H10O3P.3Sn/c4*13-16(14,15,11-7-3-1-4-8-11)12-9-5-2-6-10-12;;;/h4*1-10H;;;/q4*-3;3*+4. The molecule has 8 aliphatic rings. The molecule has 67 heavy (non-hydrogen) atoms. The SMILES string of the molecule is c1ccc(P23(c4ccccc4)[O][Sn]([O]P4(c5ccccc5)(c5ccccc5)[O][Sn]5([O]4)[O]P([O][Sn]46[O]P(c7ccccc7)(c7ccccc7)([O]4)[O]6)(c4ccccc4)(c4ccccc4)[O]5)([O]2)[O]3)cc1. The quantitative estimate of drug-likeness (QED) is 0.0867. The van der Waals surface area contributed by atoms with Gasteiger partial charge in [-0.15, -0.1) is 0 Å². The molecule has 0 N–H and O–H groups in total. The Morgan fingerprint density at radius 3 is 0.597 bits per heavy atom. The van der Waals surface area contributed by atoms with Gasteiger partial charge in [0.1, 0.15) is 0 Å². The summed E-state index contributed by atoms with van der Waals surface area (Å²) in [6, 6.07) is 77.8. The van der Waals surface area contributed by atoms with E-state index < -0.39 is 89.2 Å². The second-order valence-electron chi connectivity index (χ2n) is 16.8. The molecular weight excluding hydrogens is 1250 g/mol. The van der Waals surface area contributed by atoms with Crippen molar-refractivity contribution in [3.05, 3.63) is 243 Å². The Morgan fingerprint density at radius 1 is 0.224 bits per heavy atom. The van der Waals surface area contributed by atoms with Crippen LogP contribution in [0.1, 0.15) is 0 Å². The number of hydrogen-bond donors (Lipinski definition) is 0. The van der Waals surface area contributed by atoms with Crippen LogP contribution in [-0.2, 0) is 34.3 Å². The molecule has 8 saturated heterocycles. The number of hydrogen-bond acceptors (Lipinski definition) is 12. The molecule has 0 radical (unpaired) electrons. The molecule has 1 spiro atoms. The zero-order chi connectivity index (χ0) is 44.7. The van der Waals surface area contributed by atoms with Crippen LogP contribution in [0, 0.1) is 0 Å². The Bertz CT molecular complexity index is 2800. The van der Waals surface area contributed by atoms with Crippen LogP contribution in [-0.4, -0.2) is 60.1 Å². The summed E-state index contributed by atoms with van der Waals surface area (Å²) in [5, 5.41) is 5.76. The maximum absolute atomic E-state index is 7.60. The minimum atomic E-state index is -5.36. The van der Waals surface area contributed by atoms with Gasteiger partial charge >= 0.3 is 409 Å². The Hall–Kier alpha value is -2.60. The van der Waals surface area contributed by atoms with E-state index in [9.17, 15) is 0 Å². The third kappa shape index (κ3) is 5.45. The van der Waals surface area contributed by atoms with Gasteiger partial charge in [0.05, 0.1) is 0 Å². The van der Waals surface area contributed by atoms with Crippen LogP contribution in [0.3, 0.4) is 0 Å². The fourth-order valence-corrected chi connectivity index (χ4v) is 108. The Labute approximate surface area is 404 Å². The Morgan fingerprint density at radius 2 is 0.403 bits per heavy atom. The second kappa shape index (κ2) is 14.3. The molecular formula is C48H40O12P4Sn3. The van der Waals surface area contributed by atoms with E-state index in [1.807, 2.05) is 243 Å². The van der Waals surface area contributed by atoms with Gasteiger partial charge < -0.3 is 0 Å². The van der Waals surface area contributed by atoms with E-state index in [-0.39, 0.29) is 0 Å². The molecule has 336 valence electrons. The summed E-state index contributed by atoms with van der Waals surface area (Å²) in [7, 11) is -17.6. The van der Waals surface area contributed by atoms with E-state index in [2.05, 4.69) is 0 Å². The molecule has 12 nitrogen and oxygen atoms in total. The molecule has 0 aromatic heterocycles. The van der Waals surface area contributed by atoms with E-state index in [1.165, 1.54) is 0 Å². The zero-order valence-corrected chi connectivity index (χ0v) is 47.4. The second-order valence-corrected chi connectivity index (χ2v) is 57.5. The van der Waals surface area contributed by atoms with Crippen LogP contribution in [0.25, 0.3) is 0 Å². The van der Waals surface area contributed by atoms with Gasteiger partial charge in [0.15, 0.2) is 0 Å². The third-order valence-electron chi connectivity index (χ3n) is 12.9. The maximum atomic E-state index is 7.60. The van der Waals surface area contributed by atoms with Crippen LogP contribution in [0.2, 0.25) is 0 Å². The number of benzene rings is 8. The van der Waals surface area contributed by atoms with Crippen molar-refractivity contribution in [1.29, 1.82) is 0 Å². The molecule has 0 unspecified atom stereocenters. The molecule has 19 heteroatoms. The molecule has 8 aliphatic heterocycles.